The predicted molar refractivity (Wildman–Crippen MR) is 67.0 cm³/mol. The SMILES string of the molecule is O=C(NCCC1CCCC1)c1ccc(O)cc1F. The van der Waals surface area contributed by atoms with E-state index in [0.29, 0.717) is 12.5 Å². The van der Waals surface area contributed by atoms with Crippen LogP contribution in [0.25, 0.3) is 0 Å². The molecule has 2 N–H and O–H groups in total. The third-order valence-corrected chi connectivity index (χ3v) is 3.51. The molecule has 0 aromatic heterocycles. The first-order valence-electron chi connectivity index (χ1n) is 6.43. The summed E-state index contributed by atoms with van der Waals surface area (Å²) in [6, 6.07) is 3.57. The standard InChI is InChI=1S/C14H18FNO2/c15-13-9-11(17)5-6-12(13)14(18)16-8-7-10-3-1-2-4-10/h5-6,9-10,17H,1-4,7-8H2,(H,16,18). The maximum Gasteiger partial charge on any atom is 0.254 e. The summed E-state index contributed by atoms with van der Waals surface area (Å²) in [6.45, 7) is 0.587. The number of benzene rings is 1. The third kappa shape index (κ3) is 3.22. The lowest BCUT2D eigenvalue weighted by atomic mass is 10.0. The molecule has 0 atom stereocenters. The van der Waals surface area contributed by atoms with E-state index in [1.165, 1.54) is 37.8 Å². The van der Waals surface area contributed by atoms with Gasteiger partial charge in [-0.15, -0.1) is 0 Å². The average molecular weight is 251 g/mol. The lowest BCUT2D eigenvalue weighted by Gasteiger charge is -2.10. The van der Waals surface area contributed by atoms with Gasteiger partial charge < -0.3 is 10.4 Å². The van der Waals surface area contributed by atoms with Crippen molar-refractivity contribution in [2.45, 2.75) is 32.1 Å². The fraction of sp³-hybridized carbons (Fsp3) is 0.500. The molecule has 1 aliphatic carbocycles. The molecule has 1 fully saturated rings. The minimum atomic E-state index is -0.687. The minimum absolute atomic E-state index is 0.0146. The van der Waals surface area contributed by atoms with Crippen molar-refractivity contribution < 1.29 is 14.3 Å². The van der Waals surface area contributed by atoms with Crippen LogP contribution in [0.1, 0.15) is 42.5 Å². The van der Waals surface area contributed by atoms with Crippen molar-refractivity contribution in [1.82, 2.24) is 5.32 Å². The largest absolute Gasteiger partial charge is 0.508 e. The molecular formula is C14H18FNO2. The number of carbonyl (C=O) groups excluding carboxylic acids is 1. The normalized spacial score (nSPS) is 15.8. The molecular weight excluding hydrogens is 233 g/mol. The highest BCUT2D eigenvalue weighted by atomic mass is 19.1. The Bertz CT molecular complexity index is 428. The van der Waals surface area contributed by atoms with Crippen LogP contribution >= 0.6 is 0 Å². The van der Waals surface area contributed by atoms with Gasteiger partial charge in [-0.05, 0) is 24.5 Å². The van der Waals surface area contributed by atoms with Crippen molar-refractivity contribution in [1.29, 1.82) is 0 Å². The summed E-state index contributed by atoms with van der Waals surface area (Å²) in [5.41, 5.74) is -0.0146. The lowest BCUT2D eigenvalue weighted by Crippen LogP contribution is -2.26. The molecule has 1 aromatic rings. The summed E-state index contributed by atoms with van der Waals surface area (Å²) in [5, 5.41) is 11.8. The van der Waals surface area contributed by atoms with Crippen molar-refractivity contribution in [2.75, 3.05) is 6.54 Å². The van der Waals surface area contributed by atoms with E-state index in [-0.39, 0.29) is 11.3 Å². The fourth-order valence-corrected chi connectivity index (χ4v) is 2.47. The molecule has 1 aromatic carbocycles. The van der Waals surface area contributed by atoms with Gasteiger partial charge in [0, 0.05) is 12.6 Å². The molecule has 1 amide bonds. The van der Waals surface area contributed by atoms with Gasteiger partial charge in [-0.1, -0.05) is 25.7 Å². The van der Waals surface area contributed by atoms with E-state index >= 15 is 0 Å². The van der Waals surface area contributed by atoms with Gasteiger partial charge in [0.15, 0.2) is 0 Å². The monoisotopic (exact) mass is 251 g/mol. The van der Waals surface area contributed by atoms with Crippen LogP contribution in [0.15, 0.2) is 18.2 Å². The highest BCUT2D eigenvalue weighted by Crippen LogP contribution is 2.26. The van der Waals surface area contributed by atoms with Crippen molar-refractivity contribution in [3.05, 3.63) is 29.6 Å². The number of carbonyl (C=O) groups is 1. The second-order valence-corrected chi connectivity index (χ2v) is 4.86. The number of amides is 1. The maximum absolute atomic E-state index is 13.4. The predicted octanol–water partition coefficient (Wildman–Crippen LogP) is 2.84. The summed E-state index contributed by atoms with van der Waals surface area (Å²) in [5.74, 6) is -0.566. The molecule has 3 nitrogen and oxygen atoms in total. The second-order valence-electron chi connectivity index (χ2n) is 4.86. The van der Waals surface area contributed by atoms with Crippen molar-refractivity contribution in [2.24, 2.45) is 5.92 Å². The second kappa shape index (κ2) is 5.85. The summed E-state index contributed by atoms with van der Waals surface area (Å²) >= 11 is 0. The number of halogens is 1. The van der Waals surface area contributed by atoms with Gasteiger partial charge in [0.1, 0.15) is 11.6 Å². The first-order chi connectivity index (χ1) is 8.66. The molecule has 0 radical (unpaired) electrons. The molecule has 1 aliphatic rings. The van der Waals surface area contributed by atoms with Gasteiger partial charge in [-0.2, -0.15) is 0 Å². The quantitative estimate of drug-likeness (QED) is 0.864. The van der Waals surface area contributed by atoms with Crippen LogP contribution < -0.4 is 5.32 Å². The Kier molecular flexibility index (Phi) is 4.18. The molecule has 2 rings (SSSR count). The van der Waals surface area contributed by atoms with Gasteiger partial charge >= 0.3 is 0 Å². The number of phenols is 1. The number of phenolic OH excluding ortho intramolecular Hbond substituents is 1. The van der Waals surface area contributed by atoms with Crippen LogP contribution in [0.3, 0.4) is 0 Å². The number of hydrogen-bond donors (Lipinski definition) is 2. The average Bonchev–Trinajstić information content (AvgIpc) is 2.81. The molecule has 0 unspecified atom stereocenters. The zero-order chi connectivity index (χ0) is 13.0. The number of rotatable bonds is 4. The summed E-state index contributed by atoms with van der Waals surface area (Å²) in [7, 11) is 0. The Morgan fingerprint density at radius 2 is 2.11 bits per heavy atom. The summed E-state index contributed by atoms with van der Waals surface area (Å²) < 4.78 is 13.4. The van der Waals surface area contributed by atoms with Gasteiger partial charge in [-0.25, -0.2) is 4.39 Å². The Balaban J connectivity index is 1.83. The zero-order valence-corrected chi connectivity index (χ0v) is 10.3. The highest BCUT2D eigenvalue weighted by molar-refractivity contribution is 5.94. The van der Waals surface area contributed by atoms with Crippen LogP contribution in [0.5, 0.6) is 5.75 Å². The number of nitrogens with one attached hydrogen (secondary N) is 1. The first-order valence-corrected chi connectivity index (χ1v) is 6.43. The van der Waals surface area contributed by atoms with Crippen LogP contribution in [0.4, 0.5) is 4.39 Å². The highest BCUT2D eigenvalue weighted by Gasteiger charge is 2.16. The third-order valence-electron chi connectivity index (χ3n) is 3.51. The smallest absolute Gasteiger partial charge is 0.254 e. The Morgan fingerprint density at radius 3 is 2.78 bits per heavy atom. The van der Waals surface area contributed by atoms with Gasteiger partial charge in [0.25, 0.3) is 5.91 Å². The van der Waals surface area contributed by atoms with Gasteiger partial charge in [0.05, 0.1) is 5.56 Å². The first kappa shape index (κ1) is 12.9. The Hall–Kier alpha value is -1.58. The van der Waals surface area contributed by atoms with Crippen LogP contribution in [-0.4, -0.2) is 17.6 Å². The van der Waals surface area contributed by atoms with Crippen molar-refractivity contribution in [3.8, 4) is 5.75 Å². The van der Waals surface area contributed by atoms with Crippen molar-refractivity contribution >= 4 is 5.91 Å². The molecule has 0 heterocycles. The Morgan fingerprint density at radius 1 is 1.39 bits per heavy atom. The van der Waals surface area contributed by atoms with E-state index in [4.69, 9.17) is 5.11 Å². The molecule has 0 spiro atoms. The van der Waals surface area contributed by atoms with Gasteiger partial charge in [0.2, 0.25) is 0 Å². The molecule has 98 valence electrons. The van der Waals surface area contributed by atoms with E-state index in [1.807, 2.05) is 0 Å². The van der Waals surface area contributed by atoms with Crippen molar-refractivity contribution in [3.63, 3.8) is 0 Å². The van der Waals surface area contributed by atoms with Gasteiger partial charge in [-0.3, -0.25) is 4.79 Å². The topological polar surface area (TPSA) is 49.3 Å². The molecule has 0 saturated heterocycles. The fourth-order valence-electron chi connectivity index (χ4n) is 2.47. The zero-order valence-electron chi connectivity index (χ0n) is 10.3. The molecule has 18 heavy (non-hydrogen) atoms. The lowest BCUT2D eigenvalue weighted by molar-refractivity contribution is 0.0947. The minimum Gasteiger partial charge on any atom is -0.508 e. The van der Waals surface area contributed by atoms with Crippen LogP contribution in [0.2, 0.25) is 0 Å². The van der Waals surface area contributed by atoms with E-state index < -0.39 is 11.7 Å². The molecule has 1 saturated carbocycles. The summed E-state index contributed by atoms with van der Waals surface area (Å²) in [6.07, 6.45) is 6.01. The van der Waals surface area contributed by atoms with E-state index in [9.17, 15) is 9.18 Å². The van der Waals surface area contributed by atoms with Crippen LogP contribution in [-0.2, 0) is 0 Å². The summed E-state index contributed by atoms with van der Waals surface area (Å²) in [4.78, 5) is 11.7. The van der Waals surface area contributed by atoms with E-state index in [1.54, 1.807) is 0 Å². The van der Waals surface area contributed by atoms with E-state index in [2.05, 4.69) is 5.32 Å². The number of aromatic hydroxyl groups is 1. The Labute approximate surface area is 106 Å². The molecule has 0 bridgehead atoms. The van der Waals surface area contributed by atoms with E-state index in [0.717, 1.165) is 12.5 Å². The molecule has 4 heteroatoms. The molecule has 0 aliphatic heterocycles. The van der Waals surface area contributed by atoms with Crippen LogP contribution in [0, 0.1) is 11.7 Å². The maximum atomic E-state index is 13.4. The number of hydrogen-bond acceptors (Lipinski definition) is 2.